The molecule has 1 heterocycles. The van der Waals surface area contributed by atoms with Gasteiger partial charge in [-0.2, -0.15) is 0 Å². The largest absolute Gasteiger partial charge is 0.493 e. The van der Waals surface area contributed by atoms with Crippen LogP contribution in [0, 0.1) is 6.92 Å². The molecule has 10 nitrogen and oxygen atoms in total. The van der Waals surface area contributed by atoms with Gasteiger partial charge in [0.1, 0.15) is 12.1 Å². The number of methoxy groups -OCH3 is 3. The zero-order valence-corrected chi connectivity index (χ0v) is 20.4. The molecule has 0 bridgehead atoms. The first kappa shape index (κ1) is 25.3. The number of aromatic nitrogens is 2. The second-order valence-corrected chi connectivity index (χ2v) is 7.54. The number of anilines is 3. The summed E-state index contributed by atoms with van der Waals surface area (Å²) in [5.41, 5.74) is 3.48. The topological polar surface area (TPSA) is 124 Å². The molecule has 35 heavy (non-hydrogen) atoms. The van der Waals surface area contributed by atoms with Crippen LogP contribution in [0.15, 0.2) is 42.7 Å². The van der Waals surface area contributed by atoms with Crippen molar-refractivity contribution in [1.82, 2.24) is 15.3 Å². The Bertz CT molecular complexity index is 1190. The number of hydrogen-bond donors (Lipinski definition) is 3. The van der Waals surface area contributed by atoms with E-state index in [0.717, 1.165) is 23.4 Å². The van der Waals surface area contributed by atoms with Gasteiger partial charge in [-0.25, -0.2) is 9.97 Å². The van der Waals surface area contributed by atoms with Crippen molar-refractivity contribution in [3.05, 3.63) is 59.5 Å². The lowest BCUT2D eigenvalue weighted by atomic mass is 10.1. The van der Waals surface area contributed by atoms with Gasteiger partial charge < -0.3 is 30.2 Å². The molecule has 2 aromatic carbocycles. The molecule has 0 spiro atoms. The Morgan fingerprint density at radius 2 is 1.66 bits per heavy atom. The highest BCUT2D eigenvalue weighted by molar-refractivity contribution is 6.00. The van der Waals surface area contributed by atoms with Crippen LogP contribution in [-0.4, -0.2) is 49.7 Å². The third-order valence-corrected chi connectivity index (χ3v) is 5.18. The van der Waals surface area contributed by atoms with Crippen LogP contribution in [0.5, 0.6) is 17.2 Å². The number of amides is 2. The monoisotopic (exact) mass is 479 g/mol. The minimum atomic E-state index is -0.454. The third-order valence-electron chi connectivity index (χ3n) is 5.18. The van der Waals surface area contributed by atoms with Crippen LogP contribution >= 0.6 is 0 Å². The molecule has 1 aromatic heterocycles. The number of rotatable bonds is 10. The third kappa shape index (κ3) is 6.38. The summed E-state index contributed by atoms with van der Waals surface area (Å²) in [6, 6.07) is 10.5. The number of nitrogens with one attached hydrogen (secondary N) is 3. The van der Waals surface area contributed by atoms with E-state index in [9.17, 15) is 9.59 Å². The van der Waals surface area contributed by atoms with E-state index in [4.69, 9.17) is 14.2 Å². The molecule has 0 aliphatic heterocycles. The molecular formula is C25H29N5O5. The predicted octanol–water partition coefficient (Wildman–Crippen LogP) is 3.49. The number of carbonyl (C=O) groups excluding carboxylic acids is 2. The van der Waals surface area contributed by atoms with Crippen molar-refractivity contribution in [3.8, 4) is 17.2 Å². The Kier molecular flexibility index (Phi) is 8.44. The van der Waals surface area contributed by atoms with Gasteiger partial charge in [-0.1, -0.05) is 13.0 Å². The second kappa shape index (κ2) is 11.7. The lowest BCUT2D eigenvalue weighted by Crippen LogP contribution is -2.33. The number of benzene rings is 2. The SMILES string of the molecule is CCc1ccc(Nc2cc(C)ncn2)cc1NC(=O)CNC(=O)c1cc(OC)c(OC)c(OC)c1. The number of carbonyl (C=O) groups is 2. The summed E-state index contributed by atoms with van der Waals surface area (Å²) in [6.45, 7) is 3.66. The lowest BCUT2D eigenvalue weighted by Gasteiger charge is -2.15. The first-order valence-corrected chi connectivity index (χ1v) is 10.9. The van der Waals surface area contributed by atoms with Crippen molar-refractivity contribution in [2.45, 2.75) is 20.3 Å². The molecule has 2 amide bonds. The lowest BCUT2D eigenvalue weighted by molar-refractivity contribution is -0.115. The van der Waals surface area contributed by atoms with Gasteiger partial charge in [0, 0.05) is 28.7 Å². The zero-order chi connectivity index (χ0) is 25.4. The minimum Gasteiger partial charge on any atom is -0.493 e. The minimum absolute atomic E-state index is 0.221. The summed E-state index contributed by atoms with van der Waals surface area (Å²) in [7, 11) is 4.41. The van der Waals surface area contributed by atoms with Crippen LogP contribution in [-0.2, 0) is 11.2 Å². The van der Waals surface area contributed by atoms with E-state index in [2.05, 4.69) is 25.9 Å². The summed E-state index contributed by atoms with van der Waals surface area (Å²) in [5.74, 6) is 0.897. The fourth-order valence-electron chi connectivity index (χ4n) is 3.42. The molecule has 0 aliphatic rings. The van der Waals surface area contributed by atoms with E-state index in [-0.39, 0.29) is 18.0 Å². The maximum absolute atomic E-state index is 12.7. The fourth-order valence-corrected chi connectivity index (χ4v) is 3.42. The van der Waals surface area contributed by atoms with Crippen LogP contribution < -0.4 is 30.2 Å². The highest BCUT2D eigenvalue weighted by Gasteiger charge is 2.18. The Balaban J connectivity index is 1.68. The van der Waals surface area contributed by atoms with E-state index < -0.39 is 5.91 Å². The van der Waals surface area contributed by atoms with Crippen molar-refractivity contribution >= 4 is 29.0 Å². The molecule has 0 unspecified atom stereocenters. The van der Waals surface area contributed by atoms with Crippen LogP contribution in [0.3, 0.4) is 0 Å². The van der Waals surface area contributed by atoms with Gasteiger partial charge in [-0.3, -0.25) is 9.59 Å². The van der Waals surface area contributed by atoms with Crippen LogP contribution in [0.2, 0.25) is 0 Å². The molecular weight excluding hydrogens is 450 g/mol. The molecule has 0 saturated heterocycles. The van der Waals surface area contributed by atoms with E-state index in [0.29, 0.717) is 28.8 Å². The van der Waals surface area contributed by atoms with E-state index in [1.165, 1.54) is 39.8 Å². The van der Waals surface area contributed by atoms with Gasteiger partial charge in [0.15, 0.2) is 11.5 Å². The Morgan fingerprint density at radius 1 is 0.943 bits per heavy atom. The number of aryl methyl sites for hydroxylation is 2. The number of ether oxygens (including phenoxy) is 3. The average Bonchev–Trinajstić information content (AvgIpc) is 2.86. The molecule has 184 valence electrons. The van der Waals surface area contributed by atoms with E-state index in [1.54, 1.807) is 0 Å². The molecule has 0 aliphatic carbocycles. The number of nitrogens with zero attached hydrogens (tertiary/aromatic N) is 2. The normalized spacial score (nSPS) is 10.3. The molecule has 0 atom stereocenters. The predicted molar refractivity (Wildman–Crippen MR) is 133 cm³/mol. The van der Waals surface area contributed by atoms with E-state index in [1.807, 2.05) is 38.1 Å². The van der Waals surface area contributed by atoms with Crippen molar-refractivity contribution < 1.29 is 23.8 Å². The smallest absolute Gasteiger partial charge is 0.251 e. The Morgan fingerprint density at radius 3 is 2.26 bits per heavy atom. The standard InChI is InChI=1S/C25H29N5O5/c1-6-16-7-8-18(29-22-9-15(2)27-14-28-22)12-19(16)30-23(31)13-26-25(32)17-10-20(33-3)24(35-5)21(11-17)34-4/h7-12,14H,6,13H2,1-5H3,(H,26,32)(H,30,31)(H,27,28,29). The van der Waals surface area contributed by atoms with Gasteiger partial charge in [0.25, 0.3) is 5.91 Å². The van der Waals surface area contributed by atoms with Crippen molar-refractivity contribution in [2.75, 3.05) is 38.5 Å². The Hall–Kier alpha value is -4.34. The first-order chi connectivity index (χ1) is 16.9. The van der Waals surface area contributed by atoms with Gasteiger partial charge in [0.2, 0.25) is 11.7 Å². The summed E-state index contributed by atoms with van der Waals surface area (Å²) in [5, 5.41) is 8.70. The highest BCUT2D eigenvalue weighted by Crippen LogP contribution is 2.38. The van der Waals surface area contributed by atoms with E-state index >= 15 is 0 Å². The van der Waals surface area contributed by atoms with Crippen LogP contribution in [0.1, 0.15) is 28.5 Å². The van der Waals surface area contributed by atoms with Gasteiger partial charge >= 0.3 is 0 Å². The van der Waals surface area contributed by atoms with Gasteiger partial charge in [-0.15, -0.1) is 0 Å². The molecule has 3 rings (SSSR count). The van der Waals surface area contributed by atoms with Crippen molar-refractivity contribution in [3.63, 3.8) is 0 Å². The summed E-state index contributed by atoms with van der Waals surface area (Å²) in [6.07, 6.45) is 2.21. The molecule has 0 fully saturated rings. The summed E-state index contributed by atoms with van der Waals surface area (Å²) < 4.78 is 15.8. The van der Waals surface area contributed by atoms with Crippen molar-refractivity contribution in [2.24, 2.45) is 0 Å². The first-order valence-electron chi connectivity index (χ1n) is 10.9. The second-order valence-electron chi connectivity index (χ2n) is 7.54. The van der Waals surface area contributed by atoms with Crippen molar-refractivity contribution in [1.29, 1.82) is 0 Å². The average molecular weight is 480 g/mol. The summed E-state index contributed by atoms with van der Waals surface area (Å²) in [4.78, 5) is 33.6. The maximum Gasteiger partial charge on any atom is 0.251 e. The maximum atomic E-state index is 12.7. The molecule has 3 N–H and O–H groups in total. The number of hydrogen-bond acceptors (Lipinski definition) is 8. The molecule has 3 aromatic rings. The Labute approximate surface area is 204 Å². The quantitative estimate of drug-likeness (QED) is 0.404. The zero-order valence-electron chi connectivity index (χ0n) is 20.4. The molecule has 0 radical (unpaired) electrons. The van der Waals surface area contributed by atoms with Crippen LogP contribution in [0.25, 0.3) is 0 Å². The molecule has 10 heteroatoms. The van der Waals surface area contributed by atoms with Gasteiger partial charge in [-0.05, 0) is 43.2 Å². The van der Waals surface area contributed by atoms with Gasteiger partial charge in [0.05, 0.1) is 27.9 Å². The summed E-state index contributed by atoms with van der Waals surface area (Å²) >= 11 is 0. The van der Waals surface area contributed by atoms with Crippen LogP contribution in [0.4, 0.5) is 17.2 Å². The highest BCUT2D eigenvalue weighted by atomic mass is 16.5. The molecule has 0 saturated carbocycles. The fraction of sp³-hybridized carbons (Fsp3) is 0.280.